The fourth-order valence-corrected chi connectivity index (χ4v) is 6.05. The van der Waals surface area contributed by atoms with E-state index in [0.717, 1.165) is 22.3 Å². The summed E-state index contributed by atoms with van der Waals surface area (Å²) in [6, 6.07) is 21.8. The number of nitrogens with zero attached hydrogens (tertiary/aromatic N) is 4. The van der Waals surface area contributed by atoms with Gasteiger partial charge in [0.25, 0.3) is 0 Å². The Balaban J connectivity index is 1.37. The Morgan fingerprint density at radius 3 is 2.32 bits per heavy atom. The molecule has 0 bridgehead atoms. The minimum absolute atomic E-state index is 0.108. The molecule has 3 aromatic carbocycles. The van der Waals surface area contributed by atoms with Crippen LogP contribution in [0.2, 0.25) is 5.02 Å². The van der Waals surface area contributed by atoms with Gasteiger partial charge in [0.1, 0.15) is 17.4 Å². The van der Waals surface area contributed by atoms with Crippen molar-refractivity contribution < 1.29 is 13.2 Å². The van der Waals surface area contributed by atoms with E-state index in [1.807, 2.05) is 48.5 Å². The van der Waals surface area contributed by atoms with Gasteiger partial charge >= 0.3 is 0 Å². The van der Waals surface area contributed by atoms with Gasteiger partial charge in [0.05, 0.1) is 29.3 Å². The van der Waals surface area contributed by atoms with E-state index in [9.17, 15) is 8.42 Å². The van der Waals surface area contributed by atoms with Crippen LogP contribution in [0.4, 0.5) is 11.5 Å². The van der Waals surface area contributed by atoms with E-state index in [-0.39, 0.29) is 10.9 Å². The molecule has 37 heavy (non-hydrogen) atoms. The number of fused-ring (bicyclic) bond motifs is 1. The first-order chi connectivity index (χ1) is 17.9. The number of benzene rings is 3. The number of hydrogen-bond donors (Lipinski definition) is 1. The van der Waals surface area contributed by atoms with Crippen LogP contribution in [-0.4, -0.2) is 60.9 Å². The maximum absolute atomic E-state index is 13.1. The highest BCUT2D eigenvalue weighted by atomic mass is 35.5. The first-order valence-electron chi connectivity index (χ1n) is 12.0. The average Bonchev–Trinajstić information content (AvgIpc) is 2.93. The normalized spacial score (nSPS) is 16.0. The second kappa shape index (κ2) is 10.6. The number of sulfonamides is 1. The Morgan fingerprint density at radius 2 is 1.59 bits per heavy atom. The molecule has 2 heterocycles. The van der Waals surface area contributed by atoms with Crippen molar-refractivity contribution in [2.24, 2.45) is 0 Å². The van der Waals surface area contributed by atoms with Crippen LogP contribution in [0.3, 0.4) is 0 Å². The topological polar surface area (TPSA) is 87.7 Å². The molecule has 1 fully saturated rings. The highest BCUT2D eigenvalue weighted by Gasteiger charge is 2.31. The molecule has 0 spiro atoms. The summed E-state index contributed by atoms with van der Waals surface area (Å²) in [7, 11) is -1.94. The minimum Gasteiger partial charge on any atom is -0.495 e. The number of anilines is 2. The van der Waals surface area contributed by atoms with Crippen LogP contribution in [0.5, 0.6) is 5.75 Å². The summed E-state index contributed by atoms with van der Waals surface area (Å²) in [6.07, 6.45) is 0. The summed E-state index contributed by atoms with van der Waals surface area (Å²) >= 11 is 5.93. The summed E-state index contributed by atoms with van der Waals surface area (Å²) in [5, 5.41) is 4.83. The molecule has 8 nitrogen and oxygen atoms in total. The summed E-state index contributed by atoms with van der Waals surface area (Å²) in [5.74, 6) is 2.09. The lowest BCUT2D eigenvalue weighted by atomic mass is 10.2. The van der Waals surface area contributed by atoms with Gasteiger partial charge in [0, 0.05) is 36.6 Å². The van der Waals surface area contributed by atoms with E-state index in [0.29, 0.717) is 42.8 Å². The third-order valence-electron chi connectivity index (χ3n) is 6.63. The van der Waals surface area contributed by atoms with Crippen LogP contribution in [-0.2, 0) is 10.0 Å². The third kappa shape index (κ3) is 5.26. The van der Waals surface area contributed by atoms with E-state index in [2.05, 4.69) is 17.1 Å². The van der Waals surface area contributed by atoms with Gasteiger partial charge in [0.2, 0.25) is 10.0 Å². The molecule has 4 aromatic rings. The zero-order chi connectivity index (χ0) is 26.0. The number of nitrogens with one attached hydrogen (secondary N) is 1. The Kier molecular flexibility index (Phi) is 7.30. The van der Waals surface area contributed by atoms with Crippen molar-refractivity contribution in [1.82, 2.24) is 19.2 Å². The Bertz CT molecular complexity index is 1510. The van der Waals surface area contributed by atoms with E-state index < -0.39 is 10.0 Å². The van der Waals surface area contributed by atoms with Gasteiger partial charge in [-0.05, 0) is 55.5 Å². The lowest BCUT2D eigenvalue weighted by Gasteiger charge is -2.36. The number of halogens is 1. The van der Waals surface area contributed by atoms with Gasteiger partial charge in [-0.25, -0.2) is 18.4 Å². The SMILES string of the molecule is COc1ccccc1Nc1nc(C(C)N2CCN(S(=O)(=O)c3ccc(Cl)cc3)CC2)nc2ccccc12. The van der Waals surface area contributed by atoms with Gasteiger partial charge in [-0.2, -0.15) is 4.31 Å². The standard InChI is InChI=1S/C27H28ClN5O3S/c1-19(32-15-17-33(18-16-32)37(34,35)21-13-11-20(28)12-14-21)26-29-23-8-4-3-7-22(23)27(31-26)30-24-9-5-6-10-25(24)36-2/h3-14,19H,15-18H2,1-2H3,(H,29,30,31). The Morgan fingerprint density at radius 1 is 0.919 bits per heavy atom. The second-order valence-electron chi connectivity index (χ2n) is 8.84. The predicted molar refractivity (Wildman–Crippen MR) is 146 cm³/mol. The molecule has 0 saturated carbocycles. The van der Waals surface area contributed by atoms with E-state index in [1.165, 1.54) is 4.31 Å². The number of rotatable bonds is 7. The van der Waals surface area contributed by atoms with E-state index in [4.69, 9.17) is 26.3 Å². The van der Waals surface area contributed by atoms with Gasteiger partial charge in [0.15, 0.2) is 0 Å². The maximum Gasteiger partial charge on any atom is 0.243 e. The number of methoxy groups -OCH3 is 1. The molecule has 0 radical (unpaired) electrons. The minimum atomic E-state index is -3.57. The molecule has 1 aromatic heterocycles. The molecular weight excluding hydrogens is 510 g/mol. The van der Waals surface area contributed by atoms with Crippen LogP contribution in [0.25, 0.3) is 10.9 Å². The molecule has 0 aliphatic carbocycles. The second-order valence-corrected chi connectivity index (χ2v) is 11.2. The van der Waals surface area contributed by atoms with Crippen molar-refractivity contribution in [3.8, 4) is 5.75 Å². The quantitative estimate of drug-likeness (QED) is 0.351. The zero-order valence-corrected chi connectivity index (χ0v) is 22.2. The van der Waals surface area contributed by atoms with Crippen molar-refractivity contribution in [3.63, 3.8) is 0 Å². The molecule has 0 amide bonds. The largest absolute Gasteiger partial charge is 0.495 e. The molecule has 10 heteroatoms. The van der Waals surface area contributed by atoms with Crippen LogP contribution >= 0.6 is 11.6 Å². The Hall–Kier alpha value is -3.24. The molecular formula is C27H28ClN5O3S. The molecule has 1 N–H and O–H groups in total. The van der Waals surface area contributed by atoms with E-state index >= 15 is 0 Å². The molecule has 5 rings (SSSR count). The summed E-state index contributed by atoms with van der Waals surface area (Å²) < 4.78 is 33.2. The zero-order valence-electron chi connectivity index (χ0n) is 20.6. The van der Waals surface area contributed by atoms with E-state index in [1.54, 1.807) is 31.4 Å². The maximum atomic E-state index is 13.1. The molecule has 1 unspecified atom stereocenters. The highest BCUT2D eigenvalue weighted by Crippen LogP contribution is 2.31. The van der Waals surface area contributed by atoms with Crippen LogP contribution < -0.4 is 10.1 Å². The van der Waals surface area contributed by atoms with Gasteiger partial charge in [-0.1, -0.05) is 35.9 Å². The number of para-hydroxylation sites is 3. The lowest BCUT2D eigenvalue weighted by molar-refractivity contribution is 0.141. The van der Waals surface area contributed by atoms with Crippen LogP contribution in [0, 0.1) is 0 Å². The molecule has 1 atom stereocenters. The van der Waals surface area contributed by atoms with Crippen molar-refractivity contribution in [3.05, 3.63) is 83.6 Å². The smallest absolute Gasteiger partial charge is 0.243 e. The van der Waals surface area contributed by atoms with Crippen molar-refractivity contribution >= 4 is 44.0 Å². The number of aromatic nitrogens is 2. The summed E-state index contributed by atoms with van der Waals surface area (Å²) in [4.78, 5) is 12.2. The van der Waals surface area contributed by atoms with Gasteiger partial charge < -0.3 is 10.1 Å². The molecule has 192 valence electrons. The lowest BCUT2D eigenvalue weighted by Crippen LogP contribution is -2.49. The van der Waals surface area contributed by atoms with Crippen molar-refractivity contribution in [2.45, 2.75) is 17.9 Å². The molecule has 1 aliphatic rings. The molecule has 1 aliphatic heterocycles. The van der Waals surface area contributed by atoms with Gasteiger partial charge in [-0.3, -0.25) is 4.90 Å². The predicted octanol–water partition coefficient (Wildman–Crippen LogP) is 5.10. The first kappa shape index (κ1) is 25.4. The number of ether oxygens (including phenoxy) is 1. The van der Waals surface area contributed by atoms with Crippen molar-refractivity contribution in [1.29, 1.82) is 0 Å². The summed E-state index contributed by atoms with van der Waals surface area (Å²) in [6.45, 7) is 3.96. The fourth-order valence-electron chi connectivity index (χ4n) is 4.50. The van der Waals surface area contributed by atoms with Crippen LogP contribution in [0.1, 0.15) is 18.8 Å². The molecule has 1 saturated heterocycles. The first-order valence-corrected chi connectivity index (χ1v) is 13.8. The van der Waals surface area contributed by atoms with Crippen molar-refractivity contribution in [2.75, 3.05) is 38.6 Å². The fraction of sp³-hybridized carbons (Fsp3) is 0.259. The number of piperazine rings is 1. The third-order valence-corrected chi connectivity index (χ3v) is 8.79. The van der Waals surface area contributed by atoms with Crippen LogP contribution in [0.15, 0.2) is 77.7 Å². The summed E-state index contributed by atoms with van der Waals surface area (Å²) in [5.41, 5.74) is 1.65. The monoisotopic (exact) mass is 537 g/mol. The van der Waals surface area contributed by atoms with Gasteiger partial charge in [-0.15, -0.1) is 0 Å². The number of hydrogen-bond acceptors (Lipinski definition) is 7. The average molecular weight is 538 g/mol. The Labute approximate surface area is 221 Å². The highest BCUT2D eigenvalue weighted by molar-refractivity contribution is 7.89.